The minimum atomic E-state index is -0.889. The molecule has 0 aromatic rings. The molecule has 0 spiro atoms. The van der Waals surface area contributed by atoms with E-state index in [-0.39, 0.29) is 48.3 Å². The highest BCUT2D eigenvalue weighted by molar-refractivity contribution is 5.85. The zero-order valence-corrected chi connectivity index (χ0v) is 27.8. The monoisotopic (exact) mass is 638 g/mol. The van der Waals surface area contributed by atoms with E-state index in [9.17, 15) is 19.5 Å². The lowest BCUT2D eigenvalue weighted by molar-refractivity contribution is -0.281. The van der Waals surface area contributed by atoms with Gasteiger partial charge in [-0.1, -0.05) is 13.8 Å². The van der Waals surface area contributed by atoms with Crippen LogP contribution in [0.4, 0.5) is 0 Å². The van der Waals surface area contributed by atoms with Crippen LogP contribution in [0.3, 0.4) is 0 Å². The SMILES string of the molecule is COOCC1CCC(C(=O)O)C(C(=O)NC2CCC(CC3CCC(NC4CC(C(=O)OC)CCC4COO)C(C)C3)CC2C)C1. The first-order valence-electron chi connectivity index (χ1n) is 17.4. The Morgan fingerprint density at radius 1 is 0.733 bits per heavy atom. The Morgan fingerprint density at radius 3 is 2.00 bits per heavy atom. The third-order valence-electron chi connectivity index (χ3n) is 11.8. The number of ether oxygens (including phenoxy) is 1. The fourth-order valence-corrected chi connectivity index (χ4v) is 9.21. The van der Waals surface area contributed by atoms with Gasteiger partial charge in [-0.05, 0) is 113 Å². The average Bonchev–Trinajstić information content (AvgIpc) is 3.02. The fraction of sp³-hybridized carbons (Fsp3) is 0.912. The molecular formula is C34H58N2O9. The maximum Gasteiger partial charge on any atom is 0.308 e. The van der Waals surface area contributed by atoms with E-state index in [2.05, 4.69) is 29.4 Å². The first kappa shape index (κ1) is 36.1. The van der Waals surface area contributed by atoms with Crippen molar-refractivity contribution in [2.45, 2.75) is 115 Å². The average molecular weight is 639 g/mol. The Balaban J connectivity index is 1.23. The summed E-state index contributed by atoms with van der Waals surface area (Å²) in [6.07, 6.45) is 11.8. The van der Waals surface area contributed by atoms with Gasteiger partial charge in [-0.15, -0.1) is 0 Å². The van der Waals surface area contributed by atoms with Crippen molar-refractivity contribution in [1.82, 2.24) is 10.6 Å². The van der Waals surface area contributed by atoms with Crippen molar-refractivity contribution < 1.29 is 44.1 Å². The molecule has 4 saturated carbocycles. The molecule has 0 aromatic carbocycles. The third kappa shape index (κ3) is 9.86. The van der Waals surface area contributed by atoms with Gasteiger partial charge in [0.05, 0.1) is 45.2 Å². The summed E-state index contributed by atoms with van der Waals surface area (Å²) in [5, 5.41) is 26.1. The maximum atomic E-state index is 13.4. The Morgan fingerprint density at radius 2 is 1.40 bits per heavy atom. The highest BCUT2D eigenvalue weighted by Crippen LogP contribution is 2.41. The first-order chi connectivity index (χ1) is 21.6. The summed E-state index contributed by atoms with van der Waals surface area (Å²) in [6, 6.07) is 0.580. The Hall–Kier alpha value is -1.79. The molecule has 0 aromatic heterocycles. The number of amides is 1. The summed E-state index contributed by atoms with van der Waals surface area (Å²) >= 11 is 0. The van der Waals surface area contributed by atoms with Gasteiger partial charge in [0, 0.05) is 24.0 Å². The van der Waals surface area contributed by atoms with Crippen molar-refractivity contribution in [2.24, 2.45) is 53.3 Å². The van der Waals surface area contributed by atoms with Gasteiger partial charge in [-0.3, -0.25) is 19.6 Å². The summed E-state index contributed by atoms with van der Waals surface area (Å²) in [6.45, 7) is 5.21. The molecule has 0 aliphatic heterocycles. The van der Waals surface area contributed by atoms with Gasteiger partial charge in [-0.25, -0.2) is 14.7 Å². The van der Waals surface area contributed by atoms with Crippen LogP contribution >= 0.6 is 0 Å². The van der Waals surface area contributed by atoms with E-state index in [0.717, 1.165) is 44.9 Å². The molecule has 4 aliphatic rings. The molecule has 4 fully saturated rings. The number of rotatable bonds is 13. The van der Waals surface area contributed by atoms with E-state index in [1.165, 1.54) is 33.5 Å². The molecule has 0 bridgehead atoms. The lowest BCUT2D eigenvalue weighted by atomic mass is 9.70. The van der Waals surface area contributed by atoms with Crippen molar-refractivity contribution in [2.75, 3.05) is 27.4 Å². The number of carboxylic acid groups (broad SMARTS) is 1. The third-order valence-corrected chi connectivity index (χ3v) is 11.8. The van der Waals surface area contributed by atoms with Crippen LogP contribution in [0.15, 0.2) is 0 Å². The van der Waals surface area contributed by atoms with Crippen LogP contribution in [-0.2, 0) is 33.8 Å². The predicted octanol–water partition coefficient (Wildman–Crippen LogP) is 4.83. The summed E-state index contributed by atoms with van der Waals surface area (Å²) in [7, 11) is 2.91. The van der Waals surface area contributed by atoms with Gasteiger partial charge in [-0.2, -0.15) is 0 Å². The molecule has 4 rings (SSSR count). The zero-order valence-electron chi connectivity index (χ0n) is 27.8. The summed E-state index contributed by atoms with van der Waals surface area (Å²) in [5.74, 6) is 0.0216. The van der Waals surface area contributed by atoms with Crippen LogP contribution in [0.2, 0.25) is 0 Å². The van der Waals surface area contributed by atoms with Crippen molar-refractivity contribution in [3.05, 3.63) is 0 Å². The van der Waals surface area contributed by atoms with Crippen LogP contribution in [0, 0.1) is 53.3 Å². The number of methoxy groups -OCH3 is 1. The second kappa shape index (κ2) is 17.4. The van der Waals surface area contributed by atoms with Gasteiger partial charge in [0.2, 0.25) is 5.91 Å². The molecule has 45 heavy (non-hydrogen) atoms. The van der Waals surface area contributed by atoms with Gasteiger partial charge >= 0.3 is 11.9 Å². The second-order valence-corrected chi connectivity index (χ2v) is 14.8. The van der Waals surface area contributed by atoms with Crippen molar-refractivity contribution in [1.29, 1.82) is 0 Å². The van der Waals surface area contributed by atoms with Crippen LogP contribution in [0.5, 0.6) is 0 Å². The number of esters is 1. The predicted molar refractivity (Wildman–Crippen MR) is 167 cm³/mol. The van der Waals surface area contributed by atoms with E-state index in [1.54, 1.807) is 0 Å². The molecular weight excluding hydrogens is 580 g/mol. The van der Waals surface area contributed by atoms with Gasteiger partial charge < -0.3 is 20.5 Å². The summed E-state index contributed by atoms with van der Waals surface area (Å²) in [5.41, 5.74) is 0. The normalized spacial score (nSPS) is 39.1. The van der Waals surface area contributed by atoms with Crippen LogP contribution in [0.1, 0.15) is 97.3 Å². The number of nitrogens with one attached hydrogen (secondary N) is 2. The molecule has 4 N–H and O–H groups in total. The largest absolute Gasteiger partial charge is 0.481 e. The second-order valence-electron chi connectivity index (χ2n) is 14.8. The number of hydrogen-bond acceptors (Lipinski definition) is 9. The van der Waals surface area contributed by atoms with E-state index in [0.29, 0.717) is 55.6 Å². The van der Waals surface area contributed by atoms with Crippen molar-refractivity contribution in [3.63, 3.8) is 0 Å². The molecule has 12 unspecified atom stereocenters. The zero-order chi connectivity index (χ0) is 32.5. The number of carbonyl (C=O) groups excluding carboxylic acids is 2. The standard InChI is InChI=1S/C34H58N2O9/c1-20-13-22(6-11-29(20)35-31-17-25(34(40)42-3)8-9-26(31)19-44-41)15-23-7-12-30(21(2)14-23)36-32(37)28-16-24(18-45-43-4)5-10-27(28)33(38)39/h20-31,35,41H,5-19H2,1-4H3,(H,36,37)(H,38,39). The molecule has 0 heterocycles. The van der Waals surface area contributed by atoms with E-state index >= 15 is 0 Å². The molecule has 1 amide bonds. The molecule has 11 heteroatoms. The first-order valence-corrected chi connectivity index (χ1v) is 17.4. The number of carbonyl (C=O) groups is 3. The highest BCUT2D eigenvalue weighted by atomic mass is 17.2. The quantitative estimate of drug-likeness (QED) is 0.125. The maximum absolute atomic E-state index is 13.4. The van der Waals surface area contributed by atoms with E-state index in [1.807, 2.05) is 0 Å². The molecule has 0 radical (unpaired) electrons. The summed E-state index contributed by atoms with van der Waals surface area (Å²) in [4.78, 5) is 51.9. The molecule has 11 nitrogen and oxygen atoms in total. The lowest BCUT2D eigenvalue weighted by Gasteiger charge is -2.43. The Bertz CT molecular complexity index is 966. The topological polar surface area (TPSA) is 153 Å². The molecule has 258 valence electrons. The van der Waals surface area contributed by atoms with Gasteiger partial charge in [0.1, 0.15) is 0 Å². The van der Waals surface area contributed by atoms with Crippen LogP contribution in [0.25, 0.3) is 0 Å². The van der Waals surface area contributed by atoms with Crippen LogP contribution < -0.4 is 10.6 Å². The summed E-state index contributed by atoms with van der Waals surface area (Å²) < 4.78 is 5.02. The van der Waals surface area contributed by atoms with Gasteiger partial charge in [0.15, 0.2) is 0 Å². The minimum absolute atomic E-state index is 0.0813. The van der Waals surface area contributed by atoms with Crippen LogP contribution in [-0.4, -0.2) is 73.8 Å². The van der Waals surface area contributed by atoms with E-state index in [4.69, 9.17) is 19.8 Å². The molecule has 4 aliphatic carbocycles. The number of aliphatic carboxylic acids is 1. The fourth-order valence-electron chi connectivity index (χ4n) is 9.21. The Labute approximate surface area is 268 Å². The van der Waals surface area contributed by atoms with Gasteiger partial charge in [0.25, 0.3) is 0 Å². The molecule has 12 atom stereocenters. The van der Waals surface area contributed by atoms with Crippen molar-refractivity contribution in [3.8, 4) is 0 Å². The van der Waals surface area contributed by atoms with Crippen molar-refractivity contribution >= 4 is 17.8 Å². The number of carboxylic acids is 1. The minimum Gasteiger partial charge on any atom is -0.481 e. The molecule has 0 saturated heterocycles. The van der Waals surface area contributed by atoms with E-state index < -0.39 is 17.8 Å². The lowest BCUT2D eigenvalue weighted by Crippen LogP contribution is -2.51. The smallest absolute Gasteiger partial charge is 0.308 e. The highest BCUT2D eigenvalue weighted by Gasteiger charge is 2.42. The Kier molecular flexibility index (Phi) is 13.9. The number of hydrogen-bond donors (Lipinski definition) is 4.